The molecule has 2 amide bonds. The molecular weight excluding hydrogens is 415 g/mol. The maximum atomic E-state index is 13.0. The molecule has 0 heterocycles. The SMILES string of the molecule is CCC(C(=O)NC)N(Cc1ccc(Cl)cc1Cl)C(=O)CCSc1ccccc1. The Balaban J connectivity index is 2.14. The number of benzene rings is 2. The van der Waals surface area contributed by atoms with Crippen LogP contribution in [0.4, 0.5) is 0 Å². The first-order valence-corrected chi connectivity index (χ1v) is 10.8. The van der Waals surface area contributed by atoms with E-state index in [1.807, 2.05) is 37.3 Å². The van der Waals surface area contributed by atoms with Crippen LogP contribution < -0.4 is 5.32 Å². The maximum Gasteiger partial charge on any atom is 0.242 e. The number of carbonyl (C=O) groups excluding carboxylic acids is 2. The highest BCUT2D eigenvalue weighted by molar-refractivity contribution is 7.99. The van der Waals surface area contributed by atoms with Crippen LogP contribution in [0.5, 0.6) is 0 Å². The number of rotatable bonds is 9. The van der Waals surface area contributed by atoms with Crippen molar-refractivity contribution in [1.82, 2.24) is 10.2 Å². The molecule has 150 valence electrons. The van der Waals surface area contributed by atoms with E-state index in [0.717, 1.165) is 10.5 Å². The van der Waals surface area contributed by atoms with E-state index in [1.54, 1.807) is 41.9 Å². The van der Waals surface area contributed by atoms with Gasteiger partial charge >= 0.3 is 0 Å². The summed E-state index contributed by atoms with van der Waals surface area (Å²) >= 11 is 13.9. The zero-order valence-electron chi connectivity index (χ0n) is 16.0. The Labute approximate surface area is 180 Å². The number of amides is 2. The van der Waals surface area contributed by atoms with Crippen molar-refractivity contribution in [3.05, 3.63) is 64.1 Å². The minimum absolute atomic E-state index is 0.0788. The quantitative estimate of drug-likeness (QED) is 0.558. The molecule has 0 radical (unpaired) electrons. The highest BCUT2D eigenvalue weighted by Gasteiger charge is 2.28. The zero-order valence-corrected chi connectivity index (χ0v) is 18.3. The molecule has 0 aromatic heterocycles. The molecule has 2 rings (SSSR count). The Bertz CT molecular complexity index is 802. The monoisotopic (exact) mass is 438 g/mol. The first-order chi connectivity index (χ1) is 13.5. The molecule has 0 spiro atoms. The molecular formula is C21H24Cl2N2O2S. The molecule has 0 bridgehead atoms. The topological polar surface area (TPSA) is 49.4 Å². The van der Waals surface area contributed by atoms with Crippen LogP contribution in [0.3, 0.4) is 0 Å². The summed E-state index contributed by atoms with van der Waals surface area (Å²) in [5.41, 5.74) is 0.762. The highest BCUT2D eigenvalue weighted by Crippen LogP contribution is 2.25. The number of carbonyl (C=O) groups is 2. The van der Waals surface area contributed by atoms with Gasteiger partial charge in [-0.3, -0.25) is 9.59 Å². The molecule has 0 saturated heterocycles. The van der Waals surface area contributed by atoms with Crippen molar-refractivity contribution >= 4 is 46.8 Å². The van der Waals surface area contributed by atoms with Gasteiger partial charge in [0.15, 0.2) is 0 Å². The molecule has 0 aliphatic rings. The van der Waals surface area contributed by atoms with Crippen LogP contribution >= 0.6 is 35.0 Å². The molecule has 2 aromatic rings. The van der Waals surface area contributed by atoms with Crippen molar-refractivity contribution in [3.63, 3.8) is 0 Å². The Kier molecular flexibility index (Phi) is 9.16. The summed E-state index contributed by atoms with van der Waals surface area (Å²) < 4.78 is 0. The van der Waals surface area contributed by atoms with Crippen LogP contribution in [0.25, 0.3) is 0 Å². The smallest absolute Gasteiger partial charge is 0.242 e. The van der Waals surface area contributed by atoms with Crippen LogP contribution in [0, 0.1) is 0 Å². The first kappa shape index (κ1) is 22.6. The predicted molar refractivity (Wildman–Crippen MR) is 117 cm³/mol. The van der Waals surface area contributed by atoms with E-state index in [9.17, 15) is 9.59 Å². The van der Waals surface area contributed by atoms with Gasteiger partial charge in [0.1, 0.15) is 6.04 Å². The fourth-order valence-corrected chi connectivity index (χ4v) is 4.17. The molecule has 4 nitrogen and oxygen atoms in total. The molecule has 1 atom stereocenters. The van der Waals surface area contributed by atoms with Crippen LogP contribution in [0.1, 0.15) is 25.3 Å². The minimum atomic E-state index is -0.550. The van der Waals surface area contributed by atoms with Gasteiger partial charge in [-0.2, -0.15) is 0 Å². The van der Waals surface area contributed by atoms with Gasteiger partial charge in [-0.25, -0.2) is 0 Å². The van der Waals surface area contributed by atoms with Crippen molar-refractivity contribution in [3.8, 4) is 0 Å². The lowest BCUT2D eigenvalue weighted by molar-refractivity contribution is -0.140. The third kappa shape index (κ3) is 6.43. The second-order valence-electron chi connectivity index (χ2n) is 6.21. The highest BCUT2D eigenvalue weighted by atomic mass is 35.5. The summed E-state index contributed by atoms with van der Waals surface area (Å²) in [6, 6.07) is 14.5. The van der Waals surface area contributed by atoms with Crippen LogP contribution in [0.15, 0.2) is 53.4 Å². The minimum Gasteiger partial charge on any atom is -0.357 e. The van der Waals surface area contributed by atoms with Gasteiger partial charge in [-0.05, 0) is 36.2 Å². The second-order valence-corrected chi connectivity index (χ2v) is 8.22. The van der Waals surface area contributed by atoms with E-state index >= 15 is 0 Å². The summed E-state index contributed by atoms with van der Waals surface area (Å²) in [6.07, 6.45) is 0.848. The summed E-state index contributed by atoms with van der Waals surface area (Å²) in [5.74, 6) is 0.374. The molecule has 0 aliphatic carbocycles. The summed E-state index contributed by atoms with van der Waals surface area (Å²) in [6.45, 7) is 2.15. The molecule has 1 unspecified atom stereocenters. The van der Waals surface area contributed by atoms with Gasteiger partial charge in [-0.15, -0.1) is 11.8 Å². The molecule has 0 aliphatic heterocycles. The summed E-state index contributed by atoms with van der Waals surface area (Å²) in [4.78, 5) is 28.1. The second kappa shape index (κ2) is 11.3. The normalized spacial score (nSPS) is 11.7. The lowest BCUT2D eigenvalue weighted by atomic mass is 10.1. The lowest BCUT2D eigenvalue weighted by Crippen LogP contribution is -2.48. The molecule has 0 saturated carbocycles. The van der Waals surface area contributed by atoms with E-state index in [0.29, 0.717) is 28.6 Å². The summed E-state index contributed by atoms with van der Waals surface area (Å²) in [5, 5.41) is 3.66. The van der Waals surface area contributed by atoms with E-state index in [2.05, 4.69) is 5.32 Å². The number of hydrogen-bond donors (Lipinski definition) is 1. The molecule has 28 heavy (non-hydrogen) atoms. The van der Waals surface area contributed by atoms with E-state index in [4.69, 9.17) is 23.2 Å². The Hall–Kier alpha value is -1.69. The Morgan fingerprint density at radius 1 is 1.14 bits per heavy atom. The van der Waals surface area contributed by atoms with Crippen molar-refractivity contribution in [2.45, 2.75) is 37.2 Å². The van der Waals surface area contributed by atoms with Gasteiger partial charge in [0.2, 0.25) is 11.8 Å². The van der Waals surface area contributed by atoms with Gasteiger partial charge in [0.05, 0.1) is 0 Å². The number of nitrogens with one attached hydrogen (secondary N) is 1. The average Bonchev–Trinajstić information content (AvgIpc) is 2.69. The van der Waals surface area contributed by atoms with Crippen molar-refractivity contribution in [2.24, 2.45) is 0 Å². The van der Waals surface area contributed by atoms with Crippen molar-refractivity contribution in [2.75, 3.05) is 12.8 Å². The number of likely N-dealkylation sites (N-methyl/N-ethyl adjacent to an activating group) is 1. The lowest BCUT2D eigenvalue weighted by Gasteiger charge is -2.30. The van der Waals surface area contributed by atoms with Gasteiger partial charge < -0.3 is 10.2 Å². The zero-order chi connectivity index (χ0) is 20.5. The number of halogens is 2. The molecule has 2 aromatic carbocycles. The largest absolute Gasteiger partial charge is 0.357 e. The number of hydrogen-bond acceptors (Lipinski definition) is 3. The maximum absolute atomic E-state index is 13.0. The third-order valence-electron chi connectivity index (χ3n) is 4.32. The van der Waals surface area contributed by atoms with Crippen molar-refractivity contribution < 1.29 is 9.59 Å². The van der Waals surface area contributed by atoms with E-state index in [1.165, 1.54) is 0 Å². The molecule has 1 N–H and O–H groups in total. The van der Waals surface area contributed by atoms with Gasteiger partial charge in [0, 0.05) is 40.7 Å². The fraction of sp³-hybridized carbons (Fsp3) is 0.333. The van der Waals surface area contributed by atoms with Gasteiger partial charge in [0.25, 0.3) is 0 Å². The molecule has 0 fully saturated rings. The van der Waals surface area contributed by atoms with Crippen molar-refractivity contribution in [1.29, 1.82) is 0 Å². The van der Waals surface area contributed by atoms with Crippen LogP contribution in [0.2, 0.25) is 10.0 Å². The van der Waals surface area contributed by atoms with Crippen LogP contribution in [-0.2, 0) is 16.1 Å². The standard InChI is InChI=1S/C21H24Cl2N2O2S/c1-3-19(21(27)24-2)25(14-15-9-10-16(22)13-18(15)23)20(26)11-12-28-17-7-5-4-6-8-17/h4-10,13,19H,3,11-12,14H2,1-2H3,(H,24,27). The summed E-state index contributed by atoms with van der Waals surface area (Å²) in [7, 11) is 1.58. The van der Waals surface area contributed by atoms with E-state index < -0.39 is 6.04 Å². The number of thioether (sulfide) groups is 1. The Morgan fingerprint density at radius 3 is 2.46 bits per heavy atom. The Morgan fingerprint density at radius 2 is 1.86 bits per heavy atom. The molecule has 7 heteroatoms. The van der Waals surface area contributed by atoms with Crippen LogP contribution in [-0.4, -0.2) is 35.6 Å². The van der Waals surface area contributed by atoms with Gasteiger partial charge in [-0.1, -0.05) is 54.4 Å². The number of nitrogens with zero attached hydrogens (tertiary/aromatic N) is 1. The van der Waals surface area contributed by atoms with E-state index in [-0.39, 0.29) is 18.4 Å². The predicted octanol–water partition coefficient (Wildman–Crippen LogP) is 5.03. The average molecular weight is 439 g/mol. The fourth-order valence-electron chi connectivity index (χ4n) is 2.84. The first-order valence-electron chi connectivity index (χ1n) is 9.09. The third-order valence-corrected chi connectivity index (χ3v) is 5.92.